The quantitative estimate of drug-likeness (QED) is 0.719. The van der Waals surface area contributed by atoms with Crippen molar-refractivity contribution in [3.05, 3.63) is 54.6 Å². The van der Waals surface area contributed by atoms with Crippen molar-refractivity contribution in [3.63, 3.8) is 0 Å². The Balaban J connectivity index is 1.51. The van der Waals surface area contributed by atoms with Crippen LogP contribution >= 0.6 is 0 Å². The average Bonchev–Trinajstić information content (AvgIpc) is 3.13. The SMILES string of the molecule is CCCNC(=O)[C@@H]1CC(=O)N(c2ccc(OCC(=O)Nc3ccccc3)cc2)C1. The second-order valence-corrected chi connectivity index (χ2v) is 6.89. The van der Waals surface area contributed by atoms with Gasteiger partial charge in [-0.25, -0.2) is 0 Å². The van der Waals surface area contributed by atoms with E-state index >= 15 is 0 Å². The van der Waals surface area contributed by atoms with Crippen LogP contribution in [0.3, 0.4) is 0 Å². The van der Waals surface area contributed by atoms with Gasteiger partial charge in [0.25, 0.3) is 5.91 Å². The maximum absolute atomic E-state index is 12.3. The van der Waals surface area contributed by atoms with Crippen molar-refractivity contribution in [3.8, 4) is 5.75 Å². The fourth-order valence-corrected chi connectivity index (χ4v) is 3.12. The Morgan fingerprint density at radius 1 is 1.10 bits per heavy atom. The number of benzene rings is 2. The Kier molecular flexibility index (Phi) is 6.84. The van der Waals surface area contributed by atoms with Gasteiger partial charge in [-0.05, 0) is 42.8 Å². The monoisotopic (exact) mass is 395 g/mol. The standard InChI is InChI=1S/C22H25N3O4/c1-2-12-23-22(28)16-13-21(27)25(14-16)18-8-10-19(11-9-18)29-15-20(26)24-17-6-4-3-5-7-17/h3-11,16H,2,12-15H2,1H3,(H,23,28)(H,24,26)/t16-/m1/s1. The number of hydrogen-bond acceptors (Lipinski definition) is 4. The van der Waals surface area contributed by atoms with E-state index in [0.717, 1.165) is 6.42 Å². The molecule has 2 aromatic carbocycles. The molecule has 2 N–H and O–H groups in total. The van der Waals surface area contributed by atoms with E-state index in [2.05, 4.69) is 10.6 Å². The summed E-state index contributed by atoms with van der Waals surface area (Å²) in [6, 6.07) is 16.1. The lowest BCUT2D eigenvalue weighted by molar-refractivity contribution is -0.126. The van der Waals surface area contributed by atoms with Crippen LogP contribution in [-0.4, -0.2) is 37.4 Å². The summed E-state index contributed by atoms with van der Waals surface area (Å²) in [7, 11) is 0. The molecule has 7 nitrogen and oxygen atoms in total. The number of hydrogen-bond donors (Lipinski definition) is 2. The van der Waals surface area contributed by atoms with Crippen molar-refractivity contribution < 1.29 is 19.1 Å². The van der Waals surface area contributed by atoms with E-state index < -0.39 is 0 Å². The topological polar surface area (TPSA) is 87.7 Å². The molecule has 1 saturated heterocycles. The molecule has 3 amide bonds. The number of para-hydroxylation sites is 1. The van der Waals surface area contributed by atoms with Crippen LogP contribution in [0.15, 0.2) is 54.6 Å². The second-order valence-electron chi connectivity index (χ2n) is 6.89. The summed E-state index contributed by atoms with van der Waals surface area (Å²) in [5.41, 5.74) is 1.42. The van der Waals surface area contributed by atoms with Gasteiger partial charge >= 0.3 is 0 Å². The third kappa shape index (κ3) is 5.57. The van der Waals surface area contributed by atoms with Gasteiger partial charge in [0, 0.05) is 30.9 Å². The number of nitrogens with zero attached hydrogens (tertiary/aromatic N) is 1. The van der Waals surface area contributed by atoms with Gasteiger partial charge in [0.1, 0.15) is 5.75 Å². The van der Waals surface area contributed by atoms with Crippen LogP contribution in [0.4, 0.5) is 11.4 Å². The Hall–Kier alpha value is -3.35. The first-order valence-corrected chi connectivity index (χ1v) is 9.72. The third-order valence-corrected chi connectivity index (χ3v) is 4.62. The Morgan fingerprint density at radius 3 is 2.52 bits per heavy atom. The number of ether oxygens (including phenoxy) is 1. The van der Waals surface area contributed by atoms with Crippen LogP contribution in [0, 0.1) is 5.92 Å². The zero-order valence-electron chi connectivity index (χ0n) is 16.4. The van der Waals surface area contributed by atoms with E-state index in [1.807, 2.05) is 25.1 Å². The third-order valence-electron chi connectivity index (χ3n) is 4.62. The lowest BCUT2D eigenvalue weighted by Gasteiger charge is -2.17. The Bertz CT molecular complexity index is 852. The highest BCUT2D eigenvalue weighted by Crippen LogP contribution is 2.27. The average molecular weight is 395 g/mol. The molecular weight excluding hydrogens is 370 g/mol. The van der Waals surface area contributed by atoms with Gasteiger partial charge in [0.2, 0.25) is 11.8 Å². The summed E-state index contributed by atoms with van der Waals surface area (Å²) >= 11 is 0. The van der Waals surface area contributed by atoms with E-state index in [0.29, 0.717) is 30.2 Å². The van der Waals surface area contributed by atoms with Crippen LogP contribution in [-0.2, 0) is 14.4 Å². The molecule has 29 heavy (non-hydrogen) atoms. The molecule has 0 unspecified atom stereocenters. The van der Waals surface area contributed by atoms with Crippen LogP contribution in [0.2, 0.25) is 0 Å². The van der Waals surface area contributed by atoms with Gasteiger partial charge in [-0.3, -0.25) is 14.4 Å². The Labute approximate surface area is 170 Å². The highest BCUT2D eigenvalue weighted by atomic mass is 16.5. The lowest BCUT2D eigenvalue weighted by atomic mass is 10.1. The minimum atomic E-state index is -0.327. The number of amides is 3. The van der Waals surface area contributed by atoms with Gasteiger partial charge in [-0.1, -0.05) is 25.1 Å². The normalized spacial score (nSPS) is 15.8. The first-order valence-electron chi connectivity index (χ1n) is 9.72. The molecule has 1 fully saturated rings. The molecule has 0 bridgehead atoms. The first-order chi connectivity index (χ1) is 14.1. The van der Waals surface area contributed by atoms with E-state index in [9.17, 15) is 14.4 Å². The van der Waals surface area contributed by atoms with E-state index in [4.69, 9.17) is 4.74 Å². The van der Waals surface area contributed by atoms with Crippen LogP contribution in [0.1, 0.15) is 19.8 Å². The summed E-state index contributed by atoms with van der Waals surface area (Å²) in [4.78, 5) is 38.0. The van der Waals surface area contributed by atoms with Gasteiger partial charge in [0.15, 0.2) is 6.61 Å². The molecule has 1 atom stereocenters. The summed E-state index contributed by atoms with van der Waals surface area (Å²) in [6.07, 6.45) is 1.08. The van der Waals surface area contributed by atoms with Crippen LogP contribution < -0.4 is 20.3 Å². The summed E-state index contributed by atoms with van der Waals surface area (Å²) in [5, 5.41) is 5.59. The summed E-state index contributed by atoms with van der Waals surface area (Å²) < 4.78 is 5.51. The number of carbonyl (C=O) groups excluding carboxylic acids is 3. The molecule has 0 aliphatic carbocycles. The molecule has 2 aromatic rings. The molecule has 1 heterocycles. The Morgan fingerprint density at radius 2 is 1.83 bits per heavy atom. The van der Waals surface area contributed by atoms with E-state index in [1.165, 1.54) is 0 Å². The largest absolute Gasteiger partial charge is 0.484 e. The van der Waals surface area contributed by atoms with Crippen molar-refractivity contribution >= 4 is 29.1 Å². The molecule has 7 heteroatoms. The molecule has 0 radical (unpaired) electrons. The van der Waals surface area contributed by atoms with Crippen molar-refractivity contribution in [2.75, 3.05) is 29.9 Å². The molecule has 0 saturated carbocycles. The zero-order chi connectivity index (χ0) is 20.6. The number of carbonyl (C=O) groups is 3. The predicted molar refractivity (Wildman–Crippen MR) is 111 cm³/mol. The molecule has 0 aromatic heterocycles. The molecule has 0 spiro atoms. The zero-order valence-corrected chi connectivity index (χ0v) is 16.4. The smallest absolute Gasteiger partial charge is 0.262 e. The summed E-state index contributed by atoms with van der Waals surface area (Å²) in [6.45, 7) is 2.86. The molecule has 3 rings (SSSR count). The second kappa shape index (κ2) is 9.73. The minimum absolute atomic E-state index is 0.0717. The fraction of sp³-hybridized carbons (Fsp3) is 0.318. The molecule has 1 aliphatic rings. The van der Waals surface area contributed by atoms with Gasteiger partial charge in [-0.2, -0.15) is 0 Å². The summed E-state index contributed by atoms with van der Waals surface area (Å²) in [5.74, 6) is -0.201. The number of rotatable bonds is 8. The lowest BCUT2D eigenvalue weighted by Crippen LogP contribution is -2.33. The van der Waals surface area contributed by atoms with Crippen molar-refractivity contribution in [2.45, 2.75) is 19.8 Å². The predicted octanol–water partition coefficient (Wildman–Crippen LogP) is 2.58. The highest BCUT2D eigenvalue weighted by molar-refractivity contribution is 6.00. The van der Waals surface area contributed by atoms with Gasteiger partial charge < -0.3 is 20.3 Å². The number of nitrogens with one attached hydrogen (secondary N) is 2. The highest BCUT2D eigenvalue weighted by Gasteiger charge is 2.34. The number of anilines is 2. The maximum Gasteiger partial charge on any atom is 0.262 e. The van der Waals surface area contributed by atoms with Gasteiger partial charge in [-0.15, -0.1) is 0 Å². The van der Waals surface area contributed by atoms with Crippen LogP contribution in [0.5, 0.6) is 5.75 Å². The van der Waals surface area contributed by atoms with Gasteiger partial charge in [0.05, 0.1) is 5.92 Å². The van der Waals surface area contributed by atoms with Crippen molar-refractivity contribution in [1.29, 1.82) is 0 Å². The van der Waals surface area contributed by atoms with Crippen molar-refractivity contribution in [2.24, 2.45) is 5.92 Å². The van der Waals surface area contributed by atoms with Crippen LogP contribution in [0.25, 0.3) is 0 Å². The van der Waals surface area contributed by atoms with E-state index in [-0.39, 0.29) is 36.7 Å². The van der Waals surface area contributed by atoms with E-state index in [1.54, 1.807) is 41.3 Å². The molecule has 1 aliphatic heterocycles. The molecular formula is C22H25N3O4. The first kappa shape index (κ1) is 20.4. The fourth-order valence-electron chi connectivity index (χ4n) is 3.12. The maximum atomic E-state index is 12.3. The molecule has 152 valence electrons. The van der Waals surface area contributed by atoms with Crippen molar-refractivity contribution in [1.82, 2.24) is 5.32 Å². The minimum Gasteiger partial charge on any atom is -0.484 e.